The number of para-hydroxylation sites is 1. The van der Waals surface area contributed by atoms with Crippen LogP contribution in [0.3, 0.4) is 0 Å². The first-order chi connectivity index (χ1) is 8.20. The number of hydrogen-bond donors (Lipinski definition) is 0. The highest BCUT2D eigenvalue weighted by molar-refractivity contribution is 6.32. The van der Waals surface area contributed by atoms with Gasteiger partial charge in [0.15, 0.2) is 6.10 Å². The molecule has 1 heterocycles. The first-order valence-corrected chi connectivity index (χ1v) is 5.91. The third kappa shape index (κ3) is 2.90. The molecule has 0 aliphatic rings. The predicted molar refractivity (Wildman–Crippen MR) is 64.4 cm³/mol. The van der Waals surface area contributed by atoms with E-state index < -0.39 is 0 Å². The van der Waals surface area contributed by atoms with Gasteiger partial charge in [0.05, 0.1) is 5.02 Å². The van der Waals surface area contributed by atoms with Crippen LogP contribution < -0.4 is 4.74 Å². The summed E-state index contributed by atoms with van der Waals surface area (Å²) in [7, 11) is 0. The molecule has 0 spiro atoms. The molecule has 17 heavy (non-hydrogen) atoms. The predicted octanol–water partition coefficient (Wildman–Crippen LogP) is 3.60. The molecular weight excluding hydrogens is 263 g/mol. The number of aromatic nitrogens is 2. The number of nitrogens with zero attached hydrogens (tertiary/aromatic N) is 2. The number of alkyl halides is 1. The van der Waals surface area contributed by atoms with Crippen LogP contribution in [0.1, 0.15) is 24.8 Å². The lowest BCUT2D eigenvalue weighted by atomic mass is 10.3. The van der Waals surface area contributed by atoms with E-state index >= 15 is 0 Å². The molecule has 4 nitrogen and oxygen atoms in total. The molecule has 2 aromatic rings. The Morgan fingerprint density at radius 3 is 2.76 bits per heavy atom. The lowest BCUT2D eigenvalue weighted by molar-refractivity contribution is 0.187. The minimum atomic E-state index is -0.376. The molecule has 6 heteroatoms. The first-order valence-electron chi connectivity index (χ1n) is 5.00. The quantitative estimate of drug-likeness (QED) is 0.798. The minimum Gasteiger partial charge on any atom is -0.479 e. The summed E-state index contributed by atoms with van der Waals surface area (Å²) in [4.78, 5) is 0. The van der Waals surface area contributed by atoms with Crippen LogP contribution in [0, 0.1) is 0 Å². The molecule has 0 amide bonds. The van der Waals surface area contributed by atoms with Crippen LogP contribution in [0.2, 0.25) is 5.02 Å². The maximum absolute atomic E-state index is 5.98. The lowest BCUT2D eigenvalue weighted by Crippen LogP contribution is -2.03. The van der Waals surface area contributed by atoms with Crippen molar-refractivity contribution in [3.05, 3.63) is 41.1 Å². The smallest absolute Gasteiger partial charge is 0.256 e. The summed E-state index contributed by atoms with van der Waals surface area (Å²) < 4.78 is 10.9. The number of benzene rings is 1. The van der Waals surface area contributed by atoms with Gasteiger partial charge in [0, 0.05) is 0 Å². The highest BCUT2D eigenvalue weighted by Crippen LogP contribution is 2.28. The summed E-state index contributed by atoms with van der Waals surface area (Å²) in [5.41, 5.74) is 0. The van der Waals surface area contributed by atoms with Gasteiger partial charge in [-0.3, -0.25) is 0 Å². The van der Waals surface area contributed by atoms with E-state index in [0.717, 1.165) is 0 Å². The average Bonchev–Trinajstić information content (AvgIpc) is 2.81. The van der Waals surface area contributed by atoms with Gasteiger partial charge in [0.25, 0.3) is 5.89 Å². The Labute approximate surface area is 109 Å². The van der Waals surface area contributed by atoms with Crippen LogP contribution in [-0.2, 0) is 5.88 Å². The zero-order chi connectivity index (χ0) is 12.3. The Kier molecular flexibility index (Phi) is 3.86. The number of rotatable bonds is 4. The van der Waals surface area contributed by atoms with Crippen LogP contribution in [0.4, 0.5) is 0 Å². The van der Waals surface area contributed by atoms with Crippen LogP contribution in [0.5, 0.6) is 5.75 Å². The highest BCUT2D eigenvalue weighted by Gasteiger charge is 2.16. The second-order valence-corrected chi connectivity index (χ2v) is 4.03. The van der Waals surface area contributed by atoms with Crippen molar-refractivity contribution < 1.29 is 9.15 Å². The van der Waals surface area contributed by atoms with Gasteiger partial charge in [-0.15, -0.1) is 21.8 Å². The summed E-state index contributed by atoms with van der Waals surface area (Å²) in [6.45, 7) is 1.80. The fourth-order valence-electron chi connectivity index (χ4n) is 1.27. The SMILES string of the molecule is CC(Oc1ccccc1Cl)c1nnc(CCl)o1. The van der Waals surface area contributed by atoms with E-state index in [-0.39, 0.29) is 12.0 Å². The van der Waals surface area contributed by atoms with Crippen molar-refractivity contribution >= 4 is 23.2 Å². The molecule has 2 rings (SSSR count). The van der Waals surface area contributed by atoms with Crippen LogP contribution in [0.25, 0.3) is 0 Å². The Bertz CT molecular complexity index is 502. The number of hydrogen-bond acceptors (Lipinski definition) is 4. The fraction of sp³-hybridized carbons (Fsp3) is 0.273. The van der Waals surface area contributed by atoms with Gasteiger partial charge >= 0.3 is 0 Å². The minimum absolute atomic E-state index is 0.186. The van der Waals surface area contributed by atoms with Crippen molar-refractivity contribution in [3.8, 4) is 5.75 Å². The van der Waals surface area contributed by atoms with E-state index in [0.29, 0.717) is 22.6 Å². The zero-order valence-electron chi connectivity index (χ0n) is 9.06. The largest absolute Gasteiger partial charge is 0.479 e. The molecule has 0 fully saturated rings. The summed E-state index contributed by atoms with van der Waals surface area (Å²) in [5, 5.41) is 8.14. The molecule has 1 atom stereocenters. The van der Waals surface area contributed by atoms with Crippen molar-refractivity contribution in [3.63, 3.8) is 0 Å². The molecule has 0 saturated carbocycles. The summed E-state index contributed by atoms with van der Waals surface area (Å²) in [6.07, 6.45) is -0.376. The number of ether oxygens (including phenoxy) is 1. The second-order valence-electron chi connectivity index (χ2n) is 3.36. The second kappa shape index (κ2) is 5.38. The molecule has 1 unspecified atom stereocenters. The highest BCUT2D eigenvalue weighted by atomic mass is 35.5. The van der Waals surface area contributed by atoms with Gasteiger partial charge in [-0.25, -0.2) is 0 Å². The van der Waals surface area contributed by atoms with Crippen LogP contribution >= 0.6 is 23.2 Å². The molecular formula is C11H10Cl2N2O2. The van der Waals surface area contributed by atoms with E-state index in [4.69, 9.17) is 32.4 Å². The molecule has 0 radical (unpaired) electrons. The molecule has 0 N–H and O–H groups in total. The van der Waals surface area contributed by atoms with Crippen molar-refractivity contribution in [2.24, 2.45) is 0 Å². The summed E-state index contributed by atoms with van der Waals surface area (Å²) >= 11 is 11.5. The Hall–Kier alpha value is -1.26. The zero-order valence-corrected chi connectivity index (χ0v) is 10.6. The number of halogens is 2. The molecule has 1 aromatic heterocycles. The first kappa shape index (κ1) is 12.2. The third-order valence-electron chi connectivity index (χ3n) is 2.08. The van der Waals surface area contributed by atoms with Crippen molar-refractivity contribution in [2.45, 2.75) is 18.9 Å². The molecule has 0 bridgehead atoms. The van der Waals surface area contributed by atoms with Crippen molar-refractivity contribution in [2.75, 3.05) is 0 Å². The van der Waals surface area contributed by atoms with E-state index in [2.05, 4.69) is 10.2 Å². The Morgan fingerprint density at radius 2 is 2.12 bits per heavy atom. The fourth-order valence-corrected chi connectivity index (χ4v) is 1.55. The van der Waals surface area contributed by atoms with Gasteiger partial charge in [0.1, 0.15) is 11.6 Å². The lowest BCUT2D eigenvalue weighted by Gasteiger charge is -2.11. The molecule has 0 aliphatic heterocycles. The van der Waals surface area contributed by atoms with Gasteiger partial charge in [-0.2, -0.15) is 0 Å². The van der Waals surface area contributed by atoms with Crippen molar-refractivity contribution in [1.82, 2.24) is 10.2 Å². The molecule has 0 saturated heterocycles. The van der Waals surface area contributed by atoms with E-state index in [1.165, 1.54) is 0 Å². The van der Waals surface area contributed by atoms with Gasteiger partial charge in [-0.05, 0) is 19.1 Å². The summed E-state index contributed by atoms with van der Waals surface area (Å²) in [5.74, 6) is 1.51. The molecule has 1 aromatic carbocycles. The summed E-state index contributed by atoms with van der Waals surface area (Å²) in [6, 6.07) is 7.20. The maximum atomic E-state index is 5.98. The van der Waals surface area contributed by atoms with Gasteiger partial charge in [-0.1, -0.05) is 23.7 Å². The van der Waals surface area contributed by atoms with Crippen LogP contribution in [-0.4, -0.2) is 10.2 Å². The van der Waals surface area contributed by atoms with E-state index in [1.807, 2.05) is 12.1 Å². The maximum Gasteiger partial charge on any atom is 0.256 e. The monoisotopic (exact) mass is 272 g/mol. The standard InChI is InChI=1S/C11H10Cl2N2O2/c1-7(11-15-14-10(6-12)17-11)16-9-5-3-2-4-8(9)13/h2-5,7H,6H2,1H3. The van der Waals surface area contributed by atoms with Gasteiger partial charge < -0.3 is 9.15 Å². The Balaban J connectivity index is 2.11. The molecule has 0 aliphatic carbocycles. The van der Waals surface area contributed by atoms with E-state index in [1.54, 1.807) is 19.1 Å². The molecule has 90 valence electrons. The van der Waals surface area contributed by atoms with Crippen LogP contribution in [0.15, 0.2) is 28.7 Å². The topological polar surface area (TPSA) is 48.2 Å². The van der Waals surface area contributed by atoms with Crippen molar-refractivity contribution in [1.29, 1.82) is 0 Å². The average molecular weight is 273 g/mol. The Morgan fingerprint density at radius 1 is 1.35 bits per heavy atom. The third-order valence-corrected chi connectivity index (χ3v) is 2.63. The van der Waals surface area contributed by atoms with Gasteiger partial charge in [0.2, 0.25) is 5.89 Å². The normalized spacial score (nSPS) is 12.4. The van der Waals surface area contributed by atoms with E-state index in [9.17, 15) is 0 Å².